The first-order valence-electron chi connectivity index (χ1n) is 12.9. The van der Waals surface area contributed by atoms with E-state index in [1.54, 1.807) is 10.8 Å². The summed E-state index contributed by atoms with van der Waals surface area (Å²) in [7, 11) is 0. The Morgan fingerprint density at radius 1 is 1.03 bits per heavy atom. The number of nitrogens with one attached hydrogen (secondary N) is 1. The van der Waals surface area contributed by atoms with Gasteiger partial charge in [-0.3, -0.25) is 4.79 Å². The number of benzene rings is 1. The van der Waals surface area contributed by atoms with Gasteiger partial charge in [-0.2, -0.15) is 10.2 Å². The largest absolute Gasteiger partial charge is 0.457 e. The van der Waals surface area contributed by atoms with Gasteiger partial charge >= 0.3 is 0 Å². The van der Waals surface area contributed by atoms with Crippen LogP contribution in [-0.2, 0) is 4.79 Å². The number of aromatic nitrogens is 6. The highest BCUT2D eigenvalue weighted by Gasteiger charge is 2.42. The number of likely N-dealkylation sites (tertiary alicyclic amines) is 1. The summed E-state index contributed by atoms with van der Waals surface area (Å²) in [4.78, 5) is 25.5. The second-order valence-electron chi connectivity index (χ2n) is 9.98. The Balaban J connectivity index is 1.15. The van der Waals surface area contributed by atoms with Gasteiger partial charge in [-0.15, -0.1) is 0 Å². The molecular weight excluding hydrogens is 494 g/mol. The summed E-state index contributed by atoms with van der Waals surface area (Å²) < 4.78 is 9.68. The van der Waals surface area contributed by atoms with Crippen LogP contribution in [0.2, 0.25) is 0 Å². The Kier molecular flexibility index (Phi) is 5.43. The first-order valence-corrected chi connectivity index (χ1v) is 12.9. The predicted octanol–water partition coefficient (Wildman–Crippen LogP) is 3.98. The second kappa shape index (κ2) is 9.12. The first kappa shape index (κ1) is 23.2. The summed E-state index contributed by atoms with van der Waals surface area (Å²) >= 11 is 0. The molecule has 1 aromatic carbocycles. The fourth-order valence-corrected chi connectivity index (χ4v) is 5.81. The van der Waals surface area contributed by atoms with E-state index in [0.29, 0.717) is 18.8 Å². The van der Waals surface area contributed by atoms with Crippen LogP contribution >= 0.6 is 0 Å². The van der Waals surface area contributed by atoms with Gasteiger partial charge < -0.3 is 19.9 Å². The van der Waals surface area contributed by atoms with Gasteiger partial charge in [0.1, 0.15) is 29.7 Å². The van der Waals surface area contributed by atoms with Gasteiger partial charge in [-0.05, 0) is 61.7 Å². The highest BCUT2D eigenvalue weighted by Crippen LogP contribution is 2.40. The summed E-state index contributed by atoms with van der Waals surface area (Å²) in [5, 5.41) is 12.1. The van der Waals surface area contributed by atoms with Crippen molar-refractivity contribution in [2.45, 2.75) is 31.8 Å². The topological polar surface area (TPSA) is 105 Å². The van der Waals surface area contributed by atoms with Gasteiger partial charge in [-0.1, -0.05) is 6.58 Å². The molecule has 2 aliphatic heterocycles. The SMILES string of the molecule is C=CC(=O)N1CC2CCC(C1)N2c1ccn2ncnc(Nc3ccc(Oc4ccn5ncnc5c4)c(C)c3)c12. The van der Waals surface area contributed by atoms with Crippen molar-refractivity contribution < 1.29 is 9.53 Å². The summed E-state index contributed by atoms with van der Waals surface area (Å²) in [6.45, 7) is 7.06. The number of ether oxygens (including phenoxy) is 1. The van der Waals surface area contributed by atoms with Crippen LogP contribution in [0.25, 0.3) is 11.2 Å². The van der Waals surface area contributed by atoms with Crippen LogP contribution in [0.4, 0.5) is 17.2 Å². The lowest BCUT2D eigenvalue weighted by atomic mass is 10.1. The molecule has 7 rings (SSSR count). The standard InChI is InChI=1S/C28H27N9O2/c1-3-26(38)34-14-20-5-6-21(15-34)37(20)23-9-11-36-27(23)28(30-17-32-36)33-19-4-7-24(18(2)12-19)39-22-8-10-35-25(13-22)29-16-31-35/h3-4,7-13,16-17,20-21H,1,5-6,14-15H2,2H3,(H,30,32,33). The van der Waals surface area contributed by atoms with E-state index in [2.05, 4.69) is 43.0 Å². The lowest BCUT2D eigenvalue weighted by Gasteiger charge is -2.42. The number of hydrogen-bond acceptors (Lipinski definition) is 8. The molecule has 11 heteroatoms. The average molecular weight is 522 g/mol. The van der Waals surface area contributed by atoms with Crippen LogP contribution in [0.3, 0.4) is 0 Å². The van der Waals surface area contributed by atoms with E-state index in [4.69, 9.17) is 4.74 Å². The van der Waals surface area contributed by atoms with Crippen molar-refractivity contribution in [2.24, 2.45) is 0 Å². The minimum Gasteiger partial charge on any atom is -0.457 e. The molecule has 1 amide bonds. The number of carbonyl (C=O) groups excluding carboxylic acids is 1. The van der Waals surface area contributed by atoms with E-state index >= 15 is 0 Å². The zero-order valence-corrected chi connectivity index (χ0v) is 21.4. The zero-order chi connectivity index (χ0) is 26.5. The summed E-state index contributed by atoms with van der Waals surface area (Å²) in [6.07, 6.45) is 10.4. The number of pyridine rings is 1. The van der Waals surface area contributed by atoms with Crippen molar-refractivity contribution in [2.75, 3.05) is 23.3 Å². The Bertz CT molecular complexity index is 1710. The number of carbonyl (C=O) groups is 1. The Hall–Kier alpha value is -4.93. The molecule has 1 N–H and O–H groups in total. The number of fused-ring (bicyclic) bond motifs is 4. The monoisotopic (exact) mass is 521 g/mol. The molecule has 4 aromatic heterocycles. The van der Waals surface area contributed by atoms with Gasteiger partial charge in [0.05, 0.1) is 5.69 Å². The van der Waals surface area contributed by atoms with Gasteiger partial charge in [0.25, 0.3) is 0 Å². The lowest BCUT2D eigenvalue weighted by molar-refractivity contribution is -0.126. The summed E-state index contributed by atoms with van der Waals surface area (Å²) in [5.74, 6) is 2.17. The molecule has 0 saturated carbocycles. The molecule has 0 radical (unpaired) electrons. The molecule has 39 heavy (non-hydrogen) atoms. The van der Waals surface area contributed by atoms with Crippen LogP contribution in [0, 0.1) is 6.92 Å². The van der Waals surface area contributed by atoms with Crippen LogP contribution in [0.1, 0.15) is 18.4 Å². The molecule has 2 fully saturated rings. The number of anilines is 3. The smallest absolute Gasteiger partial charge is 0.246 e. The van der Waals surface area contributed by atoms with E-state index in [1.165, 1.54) is 12.4 Å². The van der Waals surface area contributed by atoms with Crippen LogP contribution in [-0.4, -0.2) is 65.2 Å². The Labute approximate surface area is 224 Å². The highest BCUT2D eigenvalue weighted by atomic mass is 16.5. The van der Waals surface area contributed by atoms with E-state index in [1.807, 2.05) is 59.1 Å². The molecule has 2 bridgehead atoms. The number of aryl methyl sites for hydroxylation is 1. The molecule has 11 nitrogen and oxygen atoms in total. The van der Waals surface area contributed by atoms with Crippen molar-refractivity contribution in [1.82, 2.24) is 34.1 Å². The number of piperazine rings is 1. The van der Waals surface area contributed by atoms with Crippen molar-refractivity contribution in [3.8, 4) is 11.5 Å². The molecule has 2 atom stereocenters. The zero-order valence-electron chi connectivity index (χ0n) is 21.4. The molecule has 0 spiro atoms. The average Bonchev–Trinajstić information content (AvgIpc) is 3.65. The fraction of sp³-hybridized carbons (Fsp3) is 0.250. The molecule has 196 valence electrons. The van der Waals surface area contributed by atoms with E-state index in [0.717, 1.165) is 52.5 Å². The number of amides is 1. The van der Waals surface area contributed by atoms with Crippen molar-refractivity contribution in [3.05, 3.63) is 79.7 Å². The highest BCUT2D eigenvalue weighted by molar-refractivity contribution is 5.89. The lowest BCUT2D eigenvalue weighted by Crippen LogP contribution is -2.55. The number of hydrogen-bond donors (Lipinski definition) is 1. The molecular formula is C28H27N9O2. The molecule has 6 heterocycles. The quantitative estimate of drug-likeness (QED) is 0.335. The van der Waals surface area contributed by atoms with Gasteiger partial charge in [0.15, 0.2) is 11.5 Å². The maximum atomic E-state index is 12.3. The van der Waals surface area contributed by atoms with Crippen LogP contribution in [0.15, 0.2) is 74.1 Å². The van der Waals surface area contributed by atoms with Crippen molar-refractivity contribution in [3.63, 3.8) is 0 Å². The maximum absolute atomic E-state index is 12.3. The number of rotatable bonds is 6. The third kappa shape index (κ3) is 4.02. The fourth-order valence-electron chi connectivity index (χ4n) is 5.81. The Morgan fingerprint density at radius 3 is 2.59 bits per heavy atom. The van der Waals surface area contributed by atoms with Crippen molar-refractivity contribution >= 4 is 34.3 Å². The van der Waals surface area contributed by atoms with Crippen LogP contribution < -0.4 is 15.0 Å². The van der Waals surface area contributed by atoms with Crippen molar-refractivity contribution in [1.29, 1.82) is 0 Å². The second-order valence-corrected chi connectivity index (χ2v) is 9.98. The van der Waals surface area contributed by atoms with Gasteiger partial charge in [0, 0.05) is 49.3 Å². The van der Waals surface area contributed by atoms with Crippen LogP contribution in [0.5, 0.6) is 11.5 Å². The summed E-state index contributed by atoms with van der Waals surface area (Å²) in [5.41, 5.74) is 4.59. The third-order valence-corrected chi connectivity index (χ3v) is 7.60. The number of nitrogens with zero attached hydrogens (tertiary/aromatic N) is 8. The molecule has 2 unspecified atom stereocenters. The summed E-state index contributed by atoms with van der Waals surface area (Å²) in [6, 6.07) is 12.3. The molecule has 2 saturated heterocycles. The molecule has 5 aromatic rings. The Morgan fingerprint density at radius 2 is 1.79 bits per heavy atom. The van der Waals surface area contributed by atoms with Gasteiger partial charge in [0.2, 0.25) is 5.91 Å². The van der Waals surface area contributed by atoms with E-state index in [-0.39, 0.29) is 18.0 Å². The van der Waals surface area contributed by atoms with E-state index in [9.17, 15) is 4.79 Å². The first-order chi connectivity index (χ1) is 19.1. The van der Waals surface area contributed by atoms with E-state index < -0.39 is 0 Å². The minimum absolute atomic E-state index is 0.000791. The molecule has 2 aliphatic rings. The predicted molar refractivity (Wildman–Crippen MR) is 147 cm³/mol. The normalized spacial score (nSPS) is 18.6. The molecule has 0 aliphatic carbocycles. The van der Waals surface area contributed by atoms with Gasteiger partial charge in [-0.25, -0.2) is 19.0 Å². The minimum atomic E-state index is 0.000791. The third-order valence-electron chi connectivity index (χ3n) is 7.60. The maximum Gasteiger partial charge on any atom is 0.246 e.